The lowest BCUT2D eigenvalue weighted by Gasteiger charge is -2.09. The van der Waals surface area contributed by atoms with E-state index >= 15 is 0 Å². The zero-order chi connectivity index (χ0) is 20.6. The summed E-state index contributed by atoms with van der Waals surface area (Å²) in [5.74, 6) is 1.60. The van der Waals surface area contributed by atoms with Crippen molar-refractivity contribution < 1.29 is 9.53 Å². The third-order valence-corrected chi connectivity index (χ3v) is 5.64. The Kier molecular flexibility index (Phi) is 7.70. The Hall–Kier alpha value is -2.33. The molecule has 29 heavy (non-hydrogen) atoms. The minimum Gasteiger partial charge on any atom is -0.486 e. The molecule has 8 heteroatoms. The standard InChI is InChI=1S/C21H21IN4O2S/c1-3-12-26-19(13-28-18-10-4-15(2)5-11-18)24-25-21(26)29-14-20(27)23-17-8-6-16(22)7-9-17/h3-11H,1,12-14H2,2H3,(H,23,27). The quantitative estimate of drug-likeness (QED) is 0.252. The molecule has 150 valence electrons. The molecule has 0 spiro atoms. The largest absolute Gasteiger partial charge is 0.486 e. The van der Waals surface area contributed by atoms with Gasteiger partial charge in [-0.1, -0.05) is 35.5 Å². The molecular formula is C21H21IN4O2S. The Morgan fingerprint density at radius 3 is 2.62 bits per heavy atom. The highest BCUT2D eigenvalue weighted by Crippen LogP contribution is 2.20. The third kappa shape index (κ3) is 6.33. The maximum atomic E-state index is 12.2. The maximum absolute atomic E-state index is 12.2. The second kappa shape index (κ2) is 10.4. The summed E-state index contributed by atoms with van der Waals surface area (Å²) in [7, 11) is 0. The summed E-state index contributed by atoms with van der Waals surface area (Å²) in [5.41, 5.74) is 1.95. The van der Waals surface area contributed by atoms with Crippen molar-refractivity contribution in [2.24, 2.45) is 0 Å². The molecule has 3 rings (SSSR count). The number of ether oxygens (including phenoxy) is 1. The summed E-state index contributed by atoms with van der Waals surface area (Å²) in [6.07, 6.45) is 1.77. The fourth-order valence-electron chi connectivity index (χ4n) is 2.49. The first-order valence-corrected chi connectivity index (χ1v) is 11.0. The van der Waals surface area contributed by atoms with Gasteiger partial charge in [0.15, 0.2) is 11.0 Å². The summed E-state index contributed by atoms with van der Waals surface area (Å²) < 4.78 is 8.84. The van der Waals surface area contributed by atoms with E-state index in [1.807, 2.05) is 60.0 Å². The molecule has 1 aromatic heterocycles. The van der Waals surface area contributed by atoms with Crippen molar-refractivity contribution in [1.29, 1.82) is 0 Å². The van der Waals surface area contributed by atoms with Gasteiger partial charge in [-0.2, -0.15) is 0 Å². The minimum atomic E-state index is -0.0955. The van der Waals surface area contributed by atoms with E-state index in [2.05, 4.69) is 44.7 Å². The van der Waals surface area contributed by atoms with Crippen LogP contribution >= 0.6 is 34.4 Å². The molecule has 0 saturated heterocycles. The first-order chi connectivity index (χ1) is 14.0. The van der Waals surface area contributed by atoms with Crippen molar-refractivity contribution in [2.75, 3.05) is 11.1 Å². The van der Waals surface area contributed by atoms with Gasteiger partial charge in [0, 0.05) is 15.8 Å². The molecule has 0 atom stereocenters. The Bertz CT molecular complexity index is 971. The molecule has 0 saturated carbocycles. The van der Waals surface area contributed by atoms with Gasteiger partial charge in [-0.05, 0) is 65.9 Å². The van der Waals surface area contributed by atoms with Crippen molar-refractivity contribution in [2.45, 2.75) is 25.2 Å². The van der Waals surface area contributed by atoms with Crippen molar-refractivity contribution in [3.8, 4) is 5.75 Å². The number of halogens is 1. The molecular weight excluding hydrogens is 499 g/mol. The summed E-state index contributed by atoms with van der Waals surface area (Å²) in [5, 5.41) is 12.0. The van der Waals surface area contributed by atoms with Crippen molar-refractivity contribution in [3.05, 3.63) is 76.1 Å². The second-order valence-corrected chi connectivity index (χ2v) is 8.43. The van der Waals surface area contributed by atoms with Crippen molar-refractivity contribution in [1.82, 2.24) is 14.8 Å². The number of carbonyl (C=O) groups is 1. The number of benzene rings is 2. The topological polar surface area (TPSA) is 69.0 Å². The highest BCUT2D eigenvalue weighted by molar-refractivity contribution is 14.1. The number of amides is 1. The molecule has 2 aromatic carbocycles. The normalized spacial score (nSPS) is 10.6. The molecule has 0 aliphatic rings. The van der Waals surface area contributed by atoms with Crippen LogP contribution < -0.4 is 10.1 Å². The molecule has 0 aliphatic carbocycles. The summed E-state index contributed by atoms with van der Waals surface area (Å²) >= 11 is 3.56. The Morgan fingerprint density at radius 2 is 1.93 bits per heavy atom. The fraction of sp³-hybridized carbons (Fsp3) is 0.190. The van der Waals surface area contributed by atoms with Gasteiger partial charge in [0.2, 0.25) is 5.91 Å². The smallest absolute Gasteiger partial charge is 0.234 e. The highest BCUT2D eigenvalue weighted by Gasteiger charge is 2.14. The molecule has 0 bridgehead atoms. The number of aromatic nitrogens is 3. The van der Waals surface area contributed by atoms with Gasteiger partial charge in [0.1, 0.15) is 12.4 Å². The molecule has 1 amide bonds. The summed E-state index contributed by atoms with van der Waals surface area (Å²) in [6.45, 7) is 6.66. The van der Waals surface area contributed by atoms with E-state index in [9.17, 15) is 4.79 Å². The number of nitrogens with zero attached hydrogens (tertiary/aromatic N) is 3. The van der Waals surface area contributed by atoms with Gasteiger partial charge in [0.05, 0.1) is 5.75 Å². The van der Waals surface area contributed by atoms with Crippen LogP contribution in [0.5, 0.6) is 5.75 Å². The van der Waals surface area contributed by atoms with Gasteiger partial charge < -0.3 is 10.1 Å². The lowest BCUT2D eigenvalue weighted by Crippen LogP contribution is -2.15. The zero-order valence-electron chi connectivity index (χ0n) is 16.0. The van der Waals surface area contributed by atoms with Crippen LogP contribution in [0.3, 0.4) is 0 Å². The number of carbonyl (C=O) groups excluding carboxylic acids is 1. The number of thioether (sulfide) groups is 1. The van der Waals surface area contributed by atoms with Crippen LogP contribution in [0, 0.1) is 10.5 Å². The van der Waals surface area contributed by atoms with Gasteiger partial charge in [-0.25, -0.2) is 0 Å². The maximum Gasteiger partial charge on any atom is 0.234 e. The Morgan fingerprint density at radius 1 is 1.21 bits per heavy atom. The molecule has 6 nitrogen and oxygen atoms in total. The van der Waals surface area contributed by atoms with Gasteiger partial charge in [0.25, 0.3) is 0 Å². The number of allylic oxidation sites excluding steroid dienone is 1. The second-order valence-electron chi connectivity index (χ2n) is 6.24. The molecule has 0 aliphatic heterocycles. The van der Waals surface area contributed by atoms with Crippen LogP contribution in [0.4, 0.5) is 5.69 Å². The Labute approximate surface area is 187 Å². The van der Waals surface area contributed by atoms with Crippen LogP contribution in [0.25, 0.3) is 0 Å². The molecule has 0 unspecified atom stereocenters. The van der Waals surface area contributed by atoms with E-state index in [1.54, 1.807) is 6.08 Å². The van der Waals surface area contributed by atoms with E-state index in [0.29, 0.717) is 24.1 Å². The van der Waals surface area contributed by atoms with Gasteiger partial charge in [-0.3, -0.25) is 9.36 Å². The van der Waals surface area contributed by atoms with Crippen LogP contribution in [-0.4, -0.2) is 26.4 Å². The van der Waals surface area contributed by atoms with Crippen LogP contribution in [0.1, 0.15) is 11.4 Å². The van der Waals surface area contributed by atoms with Gasteiger partial charge in [-0.15, -0.1) is 16.8 Å². The Balaban J connectivity index is 1.59. The van der Waals surface area contributed by atoms with Crippen LogP contribution in [0.2, 0.25) is 0 Å². The number of hydrogen-bond acceptors (Lipinski definition) is 5. The predicted octanol–water partition coefficient (Wildman–Crippen LogP) is 4.69. The molecule has 1 heterocycles. The SMILES string of the molecule is C=CCn1c(COc2ccc(C)cc2)nnc1SCC(=O)Nc1ccc(I)cc1. The minimum absolute atomic E-state index is 0.0955. The summed E-state index contributed by atoms with van der Waals surface area (Å²) in [4.78, 5) is 12.2. The van der Waals surface area contributed by atoms with E-state index in [-0.39, 0.29) is 11.7 Å². The van der Waals surface area contributed by atoms with Crippen LogP contribution in [-0.2, 0) is 17.9 Å². The number of nitrogens with one attached hydrogen (secondary N) is 1. The third-order valence-electron chi connectivity index (χ3n) is 3.95. The number of rotatable bonds is 9. The first-order valence-electron chi connectivity index (χ1n) is 8.96. The van der Waals surface area contributed by atoms with E-state index < -0.39 is 0 Å². The average molecular weight is 520 g/mol. The van der Waals surface area contributed by atoms with E-state index in [4.69, 9.17) is 4.74 Å². The molecule has 3 aromatic rings. The van der Waals surface area contributed by atoms with E-state index in [0.717, 1.165) is 15.0 Å². The van der Waals surface area contributed by atoms with Crippen molar-refractivity contribution in [3.63, 3.8) is 0 Å². The molecule has 1 N–H and O–H groups in total. The zero-order valence-corrected chi connectivity index (χ0v) is 18.9. The average Bonchev–Trinajstić information content (AvgIpc) is 3.10. The van der Waals surface area contributed by atoms with Crippen molar-refractivity contribution >= 4 is 45.9 Å². The number of aryl methyl sites for hydroxylation is 1. The summed E-state index contributed by atoms with van der Waals surface area (Å²) in [6, 6.07) is 15.5. The highest BCUT2D eigenvalue weighted by atomic mass is 127. The van der Waals surface area contributed by atoms with E-state index in [1.165, 1.54) is 17.3 Å². The van der Waals surface area contributed by atoms with Crippen LogP contribution in [0.15, 0.2) is 66.3 Å². The fourth-order valence-corrected chi connectivity index (χ4v) is 3.61. The predicted molar refractivity (Wildman–Crippen MR) is 124 cm³/mol. The molecule has 0 fully saturated rings. The number of anilines is 1. The molecule has 0 radical (unpaired) electrons. The monoisotopic (exact) mass is 520 g/mol. The van der Waals surface area contributed by atoms with Gasteiger partial charge >= 0.3 is 0 Å². The lowest BCUT2D eigenvalue weighted by molar-refractivity contribution is -0.113. The lowest BCUT2D eigenvalue weighted by atomic mass is 10.2. The number of hydrogen-bond donors (Lipinski definition) is 1. The first kappa shape index (κ1) is 21.4.